The van der Waals surface area contributed by atoms with Gasteiger partial charge < -0.3 is 14.5 Å². The van der Waals surface area contributed by atoms with E-state index in [1.54, 1.807) is 12.0 Å². The van der Waals surface area contributed by atoms with Gasteiger partial charge in [0.05, 0.1) is 39.0 Å². The number of nitrogens with one attached hydrogen (secondary N) is 1. The predicted molar refractivity (Wildman–Crippen MR) is 100 cm³/mol. The fourth-order valence-corrected chi connectivity index (χ4v) is 3.44. The smallest absolute Gasteiger partial charge is 0.142 e. The van der Waals surface area contributed by atoms with Gasteiger partial charge in [0.15, 0.2) is 0 Å². The number of rotatable bonds is 5. The van der Waals surface area contributed by atoms with Gasteiger partial charge in [-0.1, -0.05) is 50.2 Å². The molecule has 0 aromatic heterocycles. The Hall–Kier alpha value is -2.00. The summed E-state index contributed by atoms with van der Waals surface area (Å²) in [5, 5.41) is 0. The van der Waals surface area contributed by atoms with Crippen molar-refractivity contribution >= 4 is 5.69 Å². The van der Waals surface area contributed by atoms with Gasteiger partial charge in [-0.05, 0) is 23.6 Å². The van der Waals surface area contributed by atoms with Crippen molar-refractivity contribution in [3.63, 3.8) is 0 Å². The molecule has 1 fully saturated rings. The van der Waals surface area contributed by atoms with Crippen LogP contribution in [0.3, 0.4) is 0 Å². The van der Waals surface area contributed by atoms with Gasteiger partial charge in [0.1, 0.15) is 12.3 Å². The molecule has 2 aromatic rings. The van der Waals surface area contributed by atoms with Crippen LogP contribution in [-0.4, -0.2) is 33.3 Å². The summed E-state index contributed by atoms with van der Waals surface area (Å²) in [4.78, 5) is 4.11. The first-order valence-electron chi connectivity index (χ1n) is 8.97. The number of para-hydroxylation sites is 2. The van der Waals surface area contributed by atoms with Crippen LogP contribution in [0, 0.1) is 0 Å². The molecule has 0 amide bonds. The van der Waals surface area contributed by atoms with Crippen LogP contribution in [0.15, 0.2) is 48.5 Å². The molecule has 0 saturated carbocycles. The van der Waals surface area contributed by atoms with Crippen LogP contribution < -0.4 is 14.5 Å². The average molecular weight is 325 g/mol. The summed E-state index contributed by atoms with van der Waals surface area (Å²) >= 11 is 0. The van der Waals surface area contributed by atoms with Gasteiger partial charge in [-0.15, -0.1) is 0 Å². The summed E-state index contributed by atoms with van der Waals surface area (Å²) < 4.78 is 5.50. The quantitative estimate of drug-likeness (QED) is 0.910. The second-order valence-corrected chi connectivity index (χ2v) is 6.98. The van der Waals surface area contributed by atoms with Crippen molar-refractivity contribution in [3.8, 4) is 5.75 Å². The molecule has 1 saturated heterocycles. The van der Waals surface area contributed by atoms with E-state index in [-0.39, 0.29) is 0 Å². The minimum atomic E-state index is 0.607. The molecule has 0 bridgehead atoms. The monoisotopic (exact) mass is 325 g/mol. The number of anilines is 1. The summed E-state index contributed by atoms with van der Waals surface area (Å²) in [5.41, 5.74) is 4.09. The SMILES string of the molecule is COc1ccccc1N1CC[NH+](Cc2ccc(C(C)C)cc2)CC1. The largest absolute Gasteiger partial charge is 0.495 e. The van der Waals surface area contributed by atoms with Crippen molar-refractivity contribution in [1.29, 1.82) is 0 Å². The van der Waals surface area contributed by atoms with Crippen molar-refractivity contribution in [2.45, 2.75) is 26.3 Å². The second-order valence-electron chi connectivity index (χ2n) is 6.98. The van der Waals surface area contributed by atoms with Crippen LogP contribution in [-0.2, 0) is 6.54 Å². The lowest BCUT2D eigenvalue weighted by Crippen LogP contribution is -3.13. The molecule has 1 aliphatic rings. The van der Waals surface area contributed by atoms with Gasteiger partial charge in [0.25, 0.3) is 0 Å². The maximum Gasteiger partial charge on any atom is 0.142 e. The van der Waals surface area contributed by atoms with E-state index in [9.17, 15) is 0 Å². The van der Waals surface area contributed by atoms with E-state index >= 15 is 0 Å². The third-order valence-electron chi connectivity index (χ3n) is 5.00. The highest BCUT2D eigenvalue weighted by Gasteiger charge is 2.22. The Labute approximate surface area is 145 Å². The Morgan fingerprint density at radius 2 is 1.67 bits per heavy atom. The van der Waals surface area contributed by atoms with E-state index < -0.39 is 0 Å². The van der Waals surface area contributed by atoms with Crippen LogP contribution in [0.25, 0.3) is 0 Å². The molecule has 0 spiro atoms. The molecular formula is C21H29N2O+. The van der Waals surface area contributed by atoms with Crippen LogP contribution in [0.5, 0.6) is 5.75 Å². The Morgan fingerprint density at radius 3 is 2.29 bits per heavy atom. The highest BCUT2D eigenvalue weighted by atomic mass is 16.5. The third kappa shape index (κ3) is 3.90. The van der Waals surface area contributed by atoms with E-state index in [0.29, 0.717) is 5.92 Å². The lowest BCUT2D eigenvalue weighted by molar-refractivity contribution is -0.914. The number of hydrogen-bond acceptors (Lipinski definition) is 2. The average Bonchev–Trinajstić information content (AvgIpc) is 2.63. The lowest BCUT2D eigenvalue weighted by atomic mass is 10.0. The molecule has 0 radical (unpaired) electrons. The number of piperazine rings is 1. The summed E-state index contributed by atoms with van der Waals surface area (Å²) in [5.74, 6) is 1.58. The Morgan fingerprint density at radius 1 is 1.00 bits per heavy atom. The molecule has 0 unspecified atom stereocenters. The van der Waals surface area contributed by atoms with Gasteiger partial charge in [-0.25, -0.2) is 0 Å². The standard InChI is InChI=1S/C21H28N2O/c1-17(2)19-10-8-18(9-11-19)16-22-12-14-23(15-13-22)20-6-4-5-7-21(20)24-3/h4-11,17H,12-16H2,1-3H3/p+1. The lowest BCUT2D eigenvalue weighted by Gasteiger charge is -2.34. The maximum atomic E-state index is 5.50. The van der Waals surface area contributed by atoms with E-state index in [1.165, 1.54) is 29.9 Å². The number of quaternary nitrogens is 1. The molecule has 0 atom stereocenters. The van der Waals surface area contributed by atoms with Gasteiger partial charge in [0, 0.05) is 5.56 Å². The van der Waals surface area contributed by atoms with Crippen molar-refractivity contribution < 1.29 is 9.64 Å². The third-order valence-corrected chi connectivity index (χ3v) is 5.00. The zero-order valence-electron chi connectivity index (χ0n) is 15.1. The van der Waals surface area contributed by atoms with Gasteiger partial charge in [-0.3, -0.25) is 0 Å². The van der Waals surface area contributed by atoms with Gasteiger partial charge >= 0.3 is 0 Å². The van der Waals surface area contributed by atoms with Crippen LogP contribution in [0.2, 0.25) is 0 Å². The van der Waals surface area contributed by atoms with E-state index in [1.807, 2.05) is 12.1 Å². The first kappa shape index (κ1) is 16.8. The normalized spacial score (nSPS) is 15.8. The van der Waals surface area contributed by atoms with Crippen molar-refractivity contribution in [3.05, 3.63) is 59.7 Å². The van der Waals surface area contributed by atoms with Crippen molar-refractivity contribution in [2.24, 2.45) is 0 Å². The minimum absolute atomic E-state index is 0.607. The molecule has 2 aromatic carbocycles. The Kier molecular flexibility index (Phi) is 5.41. The minimum Gasteiger partial charge on any atom is -0.495 e. The summed E-state index contributed by atoms with van der Waals surface area (Å²) in [6.07, 6.45) is 0. The molecule has 3 rings (SSSR count). The van der Waals surface area contributed by atoms with Crippen molar-refractivity contribution in [2.75, 3.05) is 38.2 Å². The molecule has 1 N–H and O–H groups in total. The highest BCUT2D eigenvalue weighted by Crippen LogP contribution is 2.27. The van der Waals surface area contributed by atoms with Crippen LogP contribution in [0.4, 0.5) is 5.69 Å². The number of hydrogen-bond donors (Lipinski definition) is 1. The summed E-state index contributed by atoms with van der Waals surface area (Å²) in [6.45, 7) is 10.1. The first-order valence-corrected chi connectivity index (χ1v) is 8.97. The maximum absolute atomic E-state index is 5.50. The van der Waals surface area contributed by atoms with Gasteiger partial charge in [0.2, 0.25) is 0 Å². The van der Waals surface area contributed by atoms with E-state index in [0.717, 1.165) is 25.4 Å². The fraction of sp³-hybridized carbons (Fsp3) is 0.429. The first-order chi connectivity index (χ1) is 11.7. The molecule has 3 heteroatoms. The Balaban J connectivity index is 1.57. The van der Waals surface area contributed by atoms with Crippen molar-refractivity contribution in [1.82, 2.24) is 0 Å². The number of methoxy groups -OCH3 is 1. The second kappa shape index (κ2) is 7.71. The molecule has 128 valence electrons. The topological polar surface area (TPSA) is 16.9 Å². The van der Waals surface area contributed by atoms with Gasteiger partial charge in [-0.2, -0.15) is 0 Å². The molecule has 3 nitrogen and oxygen atoms in total. The van der Waals surface area contributed by atoms with E-state index in [4.69, 9.17) is 4.74 Å². The fourth-order valence-electron chi connectivity index (χ4n) is 3.44. The summed E-state index contributed by atoms with van der Waals surface area (Å²) in [6, 6.07) is 17.5. The van der Waals surface area contributed by atoms with E-state index in [2.05, 4.69) is 55.1 Å². The predicted octanol–water partition coefficient (Wildman–Crippen LogP) is 2.72. The van der Waals surface area contributed by atoms with Crippen LogP contribution >= 0.6 is 0 Å². The molecule has 0 aliphatic carbocycles. The summed E-state index contributed by atoms with van der Waals surface area (Å²) in [7, 11) is 1.75. The molecule has 24 heavy (non-hydrogen) atoms. The zero-order chi connectivity index (χ0) is 16.9. The number of ether oxygens (including phenoxy) is 1. The molecule has 1 aliphatic heterocycles. The Bertz CT molecular complexity index is 643. The van der Waals surface area contributed by atoms with Crippen LogP contribution in [0.1, 0.15) is 30.9 Å². The number of benzene rings is 2. The number of nitrogens with zero attached hydrogens (tertiary/aromatic N) is 1. The highest BCUT2D eigenvalue weighted by molar-refractivity contribution is 5.58. The molecule has 1 heterocycles. The molecular weight excluding hydrogens is 296 g/mol. The zero-order valence-corrected chi connectivity index (χ0v) is 15.1.